The predicted octanol–water partition coefficient (Wildman–Crippen LogP) is 10.4. The maximum Gasteiger partial charge on any atom is 0.172 e. The van der Waals surface area contributed by atoms with E-state index in [9.17, 15) is 0 Å². The Labute approximate surface area is 270 Å². The van der Waals surface area contributed by atoms with Crippen LogP contribution in [-0.4, -0.2) is 4.57 Å². The average molecular weight is 624 g/mol. The molecular formula is C42H26NOPS. The normalized spacial score (nSPS) is 15.6. The first kappa shape index (κ1) is 26.1. The predicted molar refractivity (Wildman–Crippen MR) is 197 cm³/mol. The molecular weight excluding hydrogens is 598 g/mol. The first-order valence-electron chi connectivity index (χ1n) is 15.5. The van der Waals surface area contributed by atoms with E-state index >= 15 is 4.57 Å². The number of hydrogen-bond acceptors (Lipinski definition) is 2. The quantitative estimate of drug-likeness (QED) is 0.180. The highest BCUT2D eigenvalue weighted by Crippen LogP contribution is 2.54. The lowest BCUT2D eigenvalue weighted by Gasteiger charge is -2.16. The van der Waals surface area contributed by atoms with Crippen LogP contribution in [0, 0.1) is 0 Å². The van der Waals surface area contributed by atoms with Crippen molar-refractivity contribution in [1.82, 2.24) is 4.57 Å². The molecule has 1 atom stereocenters. The number of hydrogen-bond donors (Lipinski definition) is 0. The molecule has 7 aromatic carbocycles. The number of thiophene rings is 1. The van der Waals surface area contributed by atoms with Gasteiger partial charge < -0.3 is 9.13 Å². The zero-order valence-electron chi connectivity index (χ0n) is 24.7. The van der Waals surface area contributed by atoms with E-state index in [2.05, 4.69) is 126 Å². The van der Waals surface area contributed by atoms with Crippen molar-refractivity contribution in [3.05, 3.63) is 158 Å². The largest absolute Gasteiger partial charge is 0.309 e. The van der Waals surface area contributed by atoms with Crippen LogP contribution in [-0.2, 0) is 4.57 Å². The van der Waals surface area contributed by atoms with E-state index in [0.29, 0.717) is 0 Å². The van der Waals surface area contributed by atoms with Gasteiger partial charge in [-0.05, 0) is 59.2 Å². The molecule has 9 aromatic rings. The van der Waals surface area contributed by atoms with E-state index in [1.54, 1.807) is 0 Å². The van der Waals surface area contributed by atoms with Gasteiger partial charge in [0.2, 0.25) is 0 Å². The van der Waals surface area contributed by atoms with Crippen molar-refractivity contribution in [2.24, 2.45) is 0 Å². The molecule has 0 bridgehead atoms. The molecule has 1 aliphatic heterocycles. The van der Waals surface area contributed by atoms with Gasteiger partial charge in [0.15, 0.2) is 7.14 Å². The molecule has 46 heavy (non-hydrogen) atoms. The molecule has 4 heteroatoms. The monoisotopic (exact) mass is 623 g/mol. The van der Waals surface area contributed by atoms with Gasteiger partial charge in [-0.2, -0.15) is 0 Å². The van der Waals surface area contributed by atoms with Crippen LogP contribution in [0.25, 0.3) is 69.9 Å². The van der Waals surface area contributed by atoms with Gasteiger partial charge in [-0.3, -0.25) is 0 Å². The molecule has 0 saturated carbocycles. The number of nitrogens with zero attached hydrogens (tertiary/aromatic N) is 1. The topological polar surface area (TPSA) is 22.0 Å². The van der Waals surface area contributed by atoms with Gasteiger partial charge in [-0.25, -0.2) is 0 Å². The summed E-state index contributed by atoms with van der Waals surface area (Å²) in [6.45, 7) is 0. The molecule has 2 aromatic heterocycles. The maximum atomic E-state index is 15.3. The first-order valence-corrected chi connectivity index (χ1v) is 18.1. The van der Waals surface area contributed by atoms with Gasteiger partial charge in [-0.15, -0.1) is 11.3 Å². The van der Waals surface area contributed by atoms with E-state index in [-0.39, 0.29) is 0 Å². The molecule has 0 aliphatic carbocycles. The third kappa shape index (κ3) is 3.50. The molecule has 0 radical (unpaired) electrons. The van der Waals surface area contributed by atoms with Crippen molar-refractivity contribution in [2.75, 3.05) is 0 Å². The van der Waals surface area contributed by atoms with Crippen molar-refractivity contribution >= 4 is 76.4 Å². The lowest BCUT2D eigenvalue weighted by atomic mass is 10.0. The Morgan fingerprint density at radius 3 is 2.07 bits per heavy atom. The van der Waals surface area contributed by atoms with Crippen molar-refractivity contribution in [3.8, 4) is 27.9 Å². The minimum atomic E-state index is -3.05. The van der Waals surface area contributed by atoms with E-state index in [1.807, 2.05) is 47.7 Å². The van der Waals surface area contributed by atoms with Crippen LogP contribution in [0.2, 0.25) is 0 Å². The Hall–Kier alpha value is -5.21. The van der Waals surface area contributed by atoms with Gasteiger partial charge in [-0.1, -0.05) is 115 Å². The highest BCUT2D eigenvalue weighted by atomic mass is 32.1. The highest BCUT2D eigenvalue weighted by Gasteiger charge is 2.41. The summed E-state index contributed by atoms with van der Waals surface area (Å²) in [4.78, 5) is 0. The fourth-order valence-electron chi connectivity index (χ4n) is 7.56. The van der Waals surface area contributed by atoms with Crippen LogP contribution in [0.4, 0.5) is 0 Å². The second-order valence-electron chi connectivity index (χ2n) is 12.0. The number of rotatable bonds is 3. The second kappa shape index (κ2) is 9.64. The van der Waals surface area contributed by atoms with Crippen LogP contribution in [0.3, 0.4) is 0 Å². The number of para-hydroxylation sites is 1. The zero-order chi connectivity index (χ0) is 30.4. The van der Waals surface area contributed by atoms with E-state index in [1.165, 1.54) is 42.1 Å². The Kier molecular flexibility index (Phi) is 5.46. The minimum absolute atomic E-state index is 0.878. The van der Waals surface area contributed by atoms with E-state index in [4.69, 9.17) is 0 Å². The Balaban J connectivity index is 1.21. The summed E-state index contributed by atoms with van der Waals surface area (Å²) in [6.07, 6.45) is 0. The molecule has 0 amide bonds. The molecule has 1 unspecified atom stereocenters. The van der Waals surface area contributed by atoms with E-state index in [0.717, 1.165) is 43.8 Å². The molecule has 0 saturated heterocycles. The molecule has 2 nitrogen and oxygen atoms in total. The molecule has 0 fully saturated rings. The van der Waals surface area contributed by atoms with E-state index < -0.39 is 7.14 Å². The SMILES string of the molecule is O=P1(c2ccccc2)c2ccccc2-c2c1ccc1c3ccccc3n(-c3ccc(-c4ccc5sc6ccccc6c5c4)cc3)c21. The summed E-state index contributed by atoms with van der Waals surface area (Å²) in [6, 6.07) is 55.6. The number of fused-ring (bicyclic) bond motifs is 10. The molecule has 0 spiro atoms. The molecule has 3 heterocycles. The Morgan fingerprint density at radius 1 is 0.500 bits per heavy atom. The minimum Gasteiger partial charge on any atom is -0.309 e. The summed E-state index contributed by atoms with van der Waals surface area (Å²) >= 11 is 1.85. The van der Waals surface area contributed by atoms with Crippen LogP contribution in [0.5, 0.6) is 0 Å². The van der Waals surface area contributed by atoms with Crippen molar-refractivity contribution in [3.63, 3.8) is 0 Å². The Bertz CT molecular complexity index is 2720. The molecule has 10 rings (SSSR count). The standard InChI is InChI=1S/C42H26NOPS/c44-45(30-10-2-1-3-11-30)37-16-8-5-14-34(37)41-38(45)24-23-33-31-12-4-7-15-36(31)43(42(33)41)29-21-18-27(19-22-29)28-20-25-40-35(26-28)32-13-6-9-17-39(32)46-40/h1-26H. The lowest BCUT2D eigenvalue weighted by molar-refractivity contribution is 0.593. The fraction of sp³-hybridized carbons (Fsp3) is 0. The maximum absolute atomic E-state index is 15.3. The smallest absolute Gasteiger partial charge is 0.172 e. The second-order valence-corrected chi connectivity index (χ2v) is 15.8. The van der Waals surface area contributed by atoms with Gasteiger partial charge in [0, 0.05) is 58.1 Å². The Morgan fingerprint density at radius 2 is 1.20 bits per heavy atom. The summed E-state index contributed by atoms with van der Waals surface area (Å²) < 4.78 is 20.3. The fourth-order valence-corrected chi connectivity index (χ4v) is 11.7. The van der Waals surface area contributed by atoms with Gasteiger partial charge >= 0.3 is 0 Å². The van der Waals surface area contributed by atoms with Crippen LogP contribution >= 0.6 is 18.5 Å². The van der Waals surface area contributed by atoms with Gasteiger partial charge in [0.25, 0.3) is 0 Å². The third-order valence-electron chi connectivity index (χ3n) is 9.62. The van der Waals surface area contributed by atoms with Crippen molar-refractivity contribution in [2.45, 2.75) is 0 Å². The summed E-state index contributed by atoms with van der Waals surface area (Å²) in [5, 5.41) is 7.71. The lowest BCUT2D eigenvalue weighted by Crippen LogP contribution is -2.20. The molecule has 0 N–H and O–H groups in total. The van der Waals surface area contributed by atoms with Crippen LogP contribution in [0.15, 0.2) is 158 Å². The molecule has 216 valence electrons. The number of aromatic nitrogens is 1. The van der Waals surface area contributed by atoms with Crippen molar-refractivity contribution in [1.29, 1.82) is 0 Å². The van der Waals surface area contributed by atoms with Gasteiger partial charge in [0.05, 0.1) is 11.0 Å². The average Bonchev–Trinajstić information content (AvgIpc) is 3.75. The first-order chi connectivity index (χ1) is 22.7. The van der Waals surface area contributed by atoms with Crippen molar-refractivity contribution < 1.29 is 4.57 Å². The zero-order valence-corrected chi connectivity index (χ0v) is 26.4. The summed E-state index contributed by atoms with van der Waals surface area (Å²) in [7, 11) is -3.05. The summed E-state index contributed by atoms with van der Waals surface area (Å²) in [5.41, 5.74) is 7.88. The van der Waals surface area contributed by atoms with Crippen LogP contribution < -0.4 is 15.9 Å². The van der Waals surface area contributed by atoms with Gasteiger partial charge in [0.1, 0.15) is 0 Å². The summed E-state index contributed by atoms with van der Waals surface area (Å²) in [5.74, 6) is 0. The third-order valence-corrected chi connectivity index (χ3v) is 13.9. The van der Waals surface area contributed by atoms with Crippen LogP contribution in [0.1, 0.15) is 0 Å². The molecule has 1 aliphatic rings. The number of benzene rings is 7. The highest BCUT2D eigenvalue weighted by molar-refractivity contribution is 7.86.